The molecule has 4 nitrogen and oxygen atoms in total. The molecule has 0 bridgehead atoms. The van der Waals surface area contributed by atoms with E-state index in [0.717, 1.165) is 31.6 Å². The van der Waals surface area contributed by atoms with Gasteiger partial charge in [-0.05, 0) is 38.8 Å². The normalized spacial score (nSPS) is 23.4. The Balaban J connectivity index is 1.75. The van der Waals surface area contributed by atoms with E-state index in [9.17, 15) is 4.79 Å². The second-order valence-corrected chi connectivity index (χ2v) is 5.44. The molecule has 2 heterocycles. The van der Waals surface area contributed by atoms with E-state index >= 15 is 0 Å². The fourth-order valence-corrected chi connectivity index (χ4v) is 2.66. The van der Waals surface area contributed by atoms with E-state index in [-0.39, 0.29) is 5.91 Å². The number of carbonyl (C=O) groups is 1. The van der Waals surface area contributed by atoms with Crippen LogP contribution in [-0.2, 0) is 11.2 Å². The molecule has 0 aliphatic carbocycles. The molecule has 1 saturated heterocycles. The van der Waals surface area contributed by atoms with Crippen LogP contribution in [0.4, 0.5) is 0 Å². The Labute approximate surface area is 115 Å². The number of hydrogen-bond donors (Lipinski definition) is 1. The van der Waals surface area contributed by atoms with Gasteiger partial charge < -0.3 is 10.2 Å². The van der Waals surface area contributed by atoms with E-state index in [2.05, 4.69) is 24.1 Å². The molecule has 1 aliphatic heterocycles. The Morgan fingerprint density at radius 1 is 1.37 bits per heavy atom. The zero-order valence-corrected chi connectivity index (χ0v) is 11.8. The maximum Gasteiger partial charge on any atom is 0.222 e. The predicted molar refractivity (Wildman–Crippen MR) is 75.8 cm³/mol. The monoisotopic (exact) mass is 261 g/mol. The molecule has 1 aromatic heterocycles. The van der Waals surface area contributed by atoms with E-state index in [0.29, 0.717) is 18.5 Å². The van der Waals surface area contributed by atoms with Crippen molar-refractivity contribution in [3.63, 3.8) is 0 Å². The summed E-state index contributed by atoms with van der Waals surface area (Å²) in [5, 5.41) is 3.44. The smallest absolute Gasteiger partial charge is 0.222 e. The summed E-state index contributed by atoms with van der Waals surface area (Å²) in [6.07, 6.45) is 4.18. The molecule has 1 fully saturated rings. The lowest BCUT2D eigenvalue weighted by molar-refractivity contribution is -0.133. The summed E-state index contributed by atoms with van der Waals surface area (Å²) in [6, 6.07) is 6.70. The summed E-state index contributed by atoms with van der Waals surface area (Å²) in [6.45, 7) is 5.91. The number of aryl methyl sites for hydroxylation is 1. The third-order valence-corrected chi connectivity index (χ3v) is 3.46. The lowest BCUT2D eigenvalue weighted by Gasteiger charge is -2.36. The summed E-state index contributed by atoms with van der Waals surface area (Å²) in [4.78, 5) is 18.4. The minimum Gasteiger partial charge on any atom is -0.340 e. The van der Waals surface area contributed by atoms with Gasteiger partial charge in [0.2, 0.25) is 5.91 Å². The highest BCUT2D eigenvalue weighted by Crippen LogP contribution is 2.09. The number of hydrogen-bond acceptors (Lipinski definition) is 3. The second-order valence-electron chi connectivity index (χ2n) is 5.44. The second kappa shape index (κ2) is 6.66. The summed E-state index contributed by atoms with van der Waals surface area (Å²) in [5.41, 5.74) is 1.07. The van der Waals surface area contributed by atoms with Gasteiger partial charge in [-0.2, -0.15) is 0 Å². The molecule has 2 rings (SSSR count). The number of aromatic nitrogens is 1. The lowest BCUT2D eigenvalue weighted by Crippen LogP contribution is -2.55. The molecule has 1 N–H and O–H groups in total. The van der Waals surface area contributed by atoms with E-state index in [1.165, 1.54) is 0 Å². The Hall–Kier alpha value is -1.42. The van der Waals surface area contributed by atoms with E-state index in [4.69, 9.17) is 0 Å². The van der Waals surface area contributed by atoms with Crippen molar-refractivity contribution in [3.8, 4) is 0 Å². The molecule has 0 aromatic carbocycles. The largest absolute Gasteiger partial charge is 0.340 e. The van der Waals surface area contributed by atoms with Crippen LogP contribution in [0.2, 0.25) is 0 Å². The fraction of sp³-hybridized carbons (Fsp3) is 0.600. The number of carbonyl (C=O) groups excluding carboxylic acids is 1. The van der Waals surface area contributed by atoms with Crippen molar-refractivity contribution in [1.29, 1.82) is 0 Å². The zero-order chi connectivity index (χ0) is 13.7. The average molecular weight is 261 g/mol. The first-order chi connectivity index (χ1) is 9.15. The van der Waals surface area contributed by atoms with Crippen molar-refractivity contribution in [1.82, 2.24) is 15.2 Å². The molecule has 19 heavy (non-hydrogen) atoms. The van der Waals surface area contributed by atoms with Crippen LogP contribution in [0.3, 0.4) is 0 Å². The van der Waals surface area contributed by atoms with Crippen molar-refractivity contribution in [2.45, 2.75) is 45.2 Å². The Morgan fingerprint density at radius 3 is 2.74 bits per heavy atom. The number of nitrogens with one attached hydrogen (secondary N) is 1. The van der Waals surface area contributed by atoms with E-state index in [1.54, 1.807) is 6.20 Å². The standard InChI is InChI=1S/C15H23N3O/c1-12-10-18(11-13(2)17-12)15(19)8-5-7-14-6-3-4-9-16-14/h3-4,6,9,12-13,17H,5,7-8,10-11H2,1-2H3/t12-,13-/m0/s1. The summed E-state index contributed by atoms with van der Waals surface area (Å²) >= 11 is 0. The Kier molecular flexibility index (Phi) is 4.91. The van der Waals surface area contributed by atoms with Gasteiger partial charge in [-0.25, -0.2) is 0 Å². The van der Waals surface area contributed by atoms with Gasteiger partial charge in [0.05, 0.1) is 0 Å². The first-order valence-corrected chi connectivity index (χ1v) is 7.09. The zero-order valence-electron chi connectivity index (χ0n) is 11.8. The number of rotatable bonds is 4. The van der Waals surface area contributed by atoms with Crippen LogP contribution < -0.4 is 5.32 Å². The number of piperazine rings is 1. The van der Waals surface area contributed by atoms with Crippen LogP contribution >= 0.6 is 0 Å². The van der Waals surface area contributed by atoms with Crippen LogP contribution in [0.1, 0.15) is 32.4 Å². The maximum atomic E-state index is 12.2. The van der Waals surface area contributed by atoms with Gasteiger partial charge in [0.25, 0.3) is 0 Å². The highest BCUT2D eigenvalue weighted by atomic mass is 16.2. The van der Waals surface area contributed by atoms with Crippen molar-refractivity contribution >= 4 is 5.91 Å². The van der Waals surface area contributed by atoms with Gasteiger partial charge in [-0.15, -0.1) is 0 Å². The van der Waals surface area contributed by atoms with Crippen LogP contribution in [0.25, 0.3) is 0 Å². The van der Waals surface area contributed by atoms with Crippen LogP contribution in [0, 0.1) is 0 Å². The van der Waals surface area contributed by atoms with Gasteiger partial charge in [0.1, 0.15) is 0 Å². The van der Waals surface area contributed by atoms with Crippen LogP contribution in [0.15, 0.2) is 24.4 Å². The third kappa shape index (κ3) is 4.31. The molecule has 4 heteroatoms. The van der Waals surface area contributed by atoms with Crippen LogP contribution in [0.5, 0.6) is 0 Å². The van der Waals surface area contributed by atoms with E-state index < -0.39 is 0 Å². The van der Waals surface area contributed by atoms with E-state index in [1.807, 2.05) is 23.1 Å². The SMILES string of the molecule is C[C@H]1CN(C(=O)CCCc2ccccn2)C[C@H](C)N1. The Bertz CT molecular complexity index is 397. The van der Waals surface area contributed by atoms with Gasteiger partial charge in [0.15, 0.2) is 0 Å². The molecule has 1 amide bonds. The minimum absolute atomic E-state index is 0.274. The molecule has 1 aliphatic rings. The van der Waals surface area contributed by atoms with Gasteiger partial charge in [-0.1, -0.05) is 6.07 Å². The summed E-state index contributed by atoms with van der Waals surface area (Å²) in [5.74, 6) is 0.274. The highest BCUT2D eigenvalue weighted by Gasteiger charge is 2.24. The van der Waals surface area contributed by atoms with Gasteiger partial charge in [-0.3, -0.25) is 9.78 Å². The molecule has 0 unspecified atom stereocenters. The van der Waals surface area contributed by atoms with Gasteiger partial charge in [0, 0.05) is 43.5 Å². The van der Waals surface area contributed by atoms with Crippen molar-refractivity contribution in [2.75, 3.05) is 13.1 Å². The first kappa shape index (κ1) is 14.0. The van der Waals surface area contributed by atoms with Crippen molar-refractivity contribution < 1.29 is 4.79 Å². The predicted octanol–water partition coefficient (Wildman–Crippen LogP) is 1.61. The van der Waals surface area contributed by atoms with Gasteiger partial charge >= 0.3 is 0 Å². The molecule has 2 atom stereocenters. The Morgan fingerprint density at radius 2 is 2.11 bits per heavy atom. The molecule has 104 valence electrons. The lowest BCUT2D eigenvalue weighted by atomic mass is 10.1. The summed E-state index contributed by atoms with van der Waals surface area (Å²) in [7, 11) is 0. The molecular weight excluding hydrogens is 238 g/mol. The molecule has 0 spiro atoms. The van der Waals surface area contributed by atoms with Crippen molar-refractivity contribution in [2.24, 2.45) is 0 Å². The van der Waals surface area contributed by atoms with Crippen molar-refractivity contribution in [3.05, 3.63) is 30.1 Å². The number of nitrogens with zero attached hydrogens (tertiary/aromatic N) is 2. The average Bonchev–Trinajstić information content (AvgIpc) is 2.38. The topological polar surface area (TPSA) is 45.2 Å². The molecule has 0 saturated carbocycles. The number of amides is 1. The third-order valence-electron chi connectivity index (χ3n) is 3.46. The first-order valence-electron chi connectivity index (χ1n) is 7.09. The number of pyridine rings is 1. The molecule has 0 radical (unpaired) electrons. The summed E-state index contributed by atoms with van der Waals surface area (Å²) < 4.78 is 0. The quantitative estimate of drug-likeness (QED) is 0.895. The molecular formula is C15H23N3O. The fourth-order valence-electron chi connectivity index (χ4n) is 2.66. The maximum absolute atomic E-state index is 12.2. The minimum atomic E-state index is 0.274. The highest BCUT2D eigenvalue weighted by molar-refractivity contribution is 5.76. The van der Waals surface area contributed by atoms with Crippen LogP contribution in [-0.4, -0.2) is 41.0 Å². The molecule has 1 aromatic rings.